The third-order valence-corrected chi connectivity index (χ3v) is 5.62. The van der Waals surface area contributed by atoms with Crippen molar-refractivity contribution in [2.75, 3.05) is 0 Å². The van der Waals surface area contributed by atoms with Crippen LogP contribution in [0.4, 0.5) is 4.39 Å². The molecule has 5 rings (SSSR count). The molecule has 0 amide bonds. The molecule has 2 aromatic heterocycles. The summed E-state index contributed by atoms with van der Waals surface area (Å²) in [4.78, 5) is 17.3. The molecule has 5 heteroatoms. The fourth-order valence-electron chi connectivity index (χ4n) is 4.14. The van der Waals surface area contributed by atoms with E-state index >= 15 is 0 Å². The summed E-state index contributed by atoms with van der Waals surface area (Å²) in [6.45, 7) is 1.91. The molecule has 4 aromatic rings. The average molecular weight is 397 g/mol. The monoisotopic (exact) mass is 397 g/mol. The molecule has 30 heavy (non-hydrogen) atoms. The third kappa shape index (κ3) is 3.22. The smallest absolute Gasteiger partial charge is 0.166 e. The highest BCUT2D eigenvalue weighted by molar-refractivity contribution is 5.98. The van der Waals surface area contributed by atoms with Gasteiger partial charge in [-0.1, -0.05) is 54.6 Å². The van der Waals surface area contributed by atoms with Crippen molar-refractivity contribution in [1.82, 2.24) is 14.6 Å². The molecule has 1 unspecified atom stereocenters. The fraction of sp³-hybridized carbons (Fsp3) is 0.160. The van der Waals surface area contributed by atoms with Gasteiger partial charge in [-0.3, -0.25) is 4.79 Å². The quantitative estimate of drug-likeness (QED) is 0.471. The maximum absolute atomic E-state index is 13.4. The number of benzene rings is 2. The number of halogens is 1. The Hall–Kier alpha value is -3.60. The summed E-state index contributed by atoms with van der Waals surface area (Å²) < 4.78 is 15.2. The van der Waals surface area contributed by atoms with Crippen LogP contribution in [-0.2, 0) is 6.42 Å². The molecule has 1 aliphatic rings. The minimum atomic E-state index is -0.281. The van der Waals surface area contributed by atoms with Gasteiger partial charge < -0.3 is 0 Å². The number of carbonyl (C=O) groups is 1. The number of ketones is 1. The SMILES string of the molecule is Cc1nn2c3c(cnc2c1-c1ccc(F)cc1)C(=O)CC(/C=C/c1ccccc1)C3. The summed E-state index contributed by atoms with van der Waals surface area (Å²) in [5, 5.41) is 4.70. The minimum absolute atomic E-state index is 0.0878. The van der Waals surface area contributed by atoms with Crippen molar-refractivity contribution in [3.63, 3.8) is 0 Å². The fourth-order valence-corrected chi connectivity index (χ4v) is 4.14. The van der Waals surface area contributed by atoms with Gasteiger partial charge >= 0.3 is 0 Å². The number of hydrogen-bond acceptors (Lipinski definition) is 3. The summed E-state index contributed by atoms with van der Waals surface area (Å²) >= 11 is 0. The Morgan fingerprint density at radius 3 is 2.60 bits per heavy atom. The Morgan fingerprint density at radius 1 is 1.07 bits per heavy atom. The van der Waals surface area contributed by atoms with E-state index in [2.05, 4.69) is 17.1 Å². The second kappa shape index (κ2) is 7.34. The van der Waals surface area contributed by atoms with Crippen molar-refractivity contribution in [1.29, 1.82) is 0 Å². The third-order valence-electron chi connectivity index (χ3n) is 5.62. The maximum atomic E-state index is 13.4. The van der Waals surface area contributed by atoms with Crippen LogP contribution in [0.1, 0.15) is 33.7 Å². The molecule has 1 aliphatic carbocycles. The molecule has 1 atom stereocenters. The molecule has 0 N–H and O–H groups in total. The standard InChI is InChI=1S/C25H20FN3O/c1-16-24(19-9-11-20(26)12-10-19)25-27-15-21-22(29(25)28-16)13-18(14-23(21)30)8-7-17-5-3-2-4-6-17/h2-12,15,18H,13-14H2,1H3/b8-7+. The molecule has 0 spiro atoms. The zero-order valence-corrected chi connectivity index (χ0v) is 16.5. The molecule has 4 nitrogen and oxygen atoms in total. The first-order valence-corrected chi connectivity index (χ1v) is 10.00. The van der Waals surface area contributed by atoms with Gasteiger partial charge in [-0.05, 0) is 42.5 Å². The summed E-state index contributed by atoms with van der Waals surface area (Å²) in [5.74, 6) is -0.0868. The Kier molecular flexibility index (Phi) is 4.51. The van der Waals surface area contributed by atoms with Crippen LogP contribution in [0, 0.1) is 18.7 Å². The highest BCUT2D eigenvalue weighted by Gasteiger charge is 2.28. The lowest BCUT2D eigenvalue weighted by molar-refractivity contribution is 0.0957. The number of carbonyl (C=O) groups excluding carboxylic acids is 1. The normalized spacial score (nSPS) is 16.3. The van der Waals surface area contributed by atoms with Gasteiger partial charge in [-0.25, -0.2) is 13.9 Å². The van der Waals surface area contributed by atoms with E-state index in [0.717, 1.165) is 28.1 Å². The van der Waals surface area contributed by atoms with Gasteiger partial charge in [0.15, 0.2) is 11.4 Å². The van der Waals surface area contributed by atoms with E-state index in [1.807, 2.05) is 37.3 Å². The number of Topliss-reactive ketones (excluding diaryl/α,β-unsaturated/α-hetero) is 1. The van der Waals surface area contributed by atoms with Gasteiger partial charge in [0.2, 0.25) is 0 Å². The Bertz CT molecular complexity index is 1270. The summed E-state index contributed by atoms with van der Waals surface area (Å²) in [6, 6.07) is 16.4. The Morgan fingerprint density at radius 2 is 1.83 bits per heavy atom. The van der Waals surface area contributed by atoms with E-state index in [0.29, 0.717) is 24.1 Å². The van der Waals surface area contributed by atoms with Crippen molar-refractivity contribution in [3.05, 3.63) is 95.2 Å². The first-order chi connectivity index (χ1) is 14.6. The lowest BCUT2D eigenvalue weighted by Crippen LogP contribution is -2.22. The van der Waals surface area contributed by atoms with E-state index in [4.69, 9.17) is 5.10 Å². The molecule has 0 radical (unpaired) electrons. The molecule has 0 saturated heterocycles. The van der Waals surface area contributed by atoms with E-state index in [-0.39, 0.29) is 17.5 Å². The second-order valence-electron chi connectivity index (χ2n) is 7.68. The van der Waals surface area contributed by atoms with Crippen LogP contribution in [0.2, 0.25) is 0 Å². The van der Waals surface area contributed by atoms with Crippen molar-refractivity contribution in [2.45, 2.75) is 19.8 Å². The summed E-state index contributed by atoms with van der Waals surface area (Å²) in [6.07, 6.45) is 7.03. The van der Waals surface area contributed by atoms with Gasteiger partial charge in [-0.15, -0.1) is 0 Å². The molecule has 0 saturated carbocycles. The van der Waals surface area contributed by atoms with Gasteiger partial charge in [0.05, 0.1) is 17.0 Å². The molecular formula is C25H20FN3O. The number of aryl methyl sites for hydroxylation is 1. The topological polar surface area (TPSA) is 47.3 Å². The predicted molar refractivity (Wildman–Crippen MR) is 115 cm³/mol. The van der Waals surface area contributed by atoms with E-state index in [1.165, 1.54) is 12.1 Å². The van der Waals surface area contributed by atoms with Gasteiger partial charge in [0, 0.05) is 18.2 Å². The van der Waals surface area contributed by atoms with Crippen LogP contribution in [-0.4, -0.2) is 20.4 Å². The van der Waals surface area contributed by atoms with Crippen molar-refractivity contribution in [3.8, 4) is 11.1 Å². The largest absolute Gasteiger partial charge is 0.294 e. The van der Waals surface area contributed by atoms with E-state index < -0.39 is 0 Å². The molecule has 2 aromatic carbocycles. The zero-order valence-electron chi connectivity index (χ0n) is 16.5. The van der Waals surface area contributed by atoms with Crippen LogP contribution in [0.5, 0.6) is 0 Å². The molecule has 0 bridgehead atoms. The number of nitrogens with zero attached hydrogens (tertiary/aromatic N) is 3. The molecule has 148 valence electrons. The maximum Gasteiger partial charge on any atom is 0.166 e. The number of allylic oxidation sites excluding steroid dienone is 1. The molecule has 0 fully saturated rings. The highest BCUT2D eigenvalue weighted by atomic mass is 19.1. The zero-order chi connectivity index (χ0) is 20.7. The number of rotatable bonds is 3. The first-order valence-electron chi connectivity index (χ1n) is 10.00. The van der Waals surface area contributed by atoms with Crippen LogP contribution >= 0.6 is 0 Å². The van der Waals surface area contributed by atoms with E-state index in [1.54, 1.807) is 22.8 Å². The van der Waals surface area contributed by atoms with Crippen LogP contribution in [0.3, 0.4) is 0 Å². The summed E-state index contributed by atoms with van der Waals surface area (Å²) in [7, 11) is 0. The first kappa shape index (κ1) is 18.4. The number of aromatic nitrogens is 3. The lowest BCUT2D eigenvalue weighted by Gasteiger charge is -2.21. The molecular weight excluding hydrogens is 377 g/mol. The van der Waals surface area contributed by atoms with Crippen LogP contribution in [0.25, 0.3) is 22.9 Å². The lowest BCUT2D eigenvalue weighted by atomic mass is 9.86. The number of fused-ring (bicyclic) bond motifs is 3. The number of hydrogen-bond donors (Lipinski definition) is 0. The van der Waals surface area contributed by atoms with Gasteiger partial charge in [0.1, 0.15) is 5.82 Å². The second-order valence-corrected chi connectivity index (χ2v) is 7.68. The molecule has 2 heterocycles. The van der Waals surface area contributed by atoms with Crippen molar-refractivity contribution >= 4 is 17.5 Å². The minimum Gasteiger partial charge on any atom is -0.294 e. The summed E-state index contributed by atoms with van der Waals surface area (Å²) in [5.41, 5.74) is 5.86. The van der Waals surface area contributed by atoms with Crippen molar-refractivity contribution in [2.24, 2.45) is 5.92 Å². The van der Waals surface area contributed by atoms with Crippen LogP contribution < -0.4 is 0 Å². The van der Waals surface area contributed by atoms with E-state index in [9.17, 15) is 9.18 Å². The Balaban J connectivity index is 1.56. The Labute approximate surface area is 173 Å². The molecule has 0 aliphatic heterocycles. The van der Waals surface area contributed by atoms with Crippen LogP contribution in [0.15, 0.2) is 66.9 Å². The van der Waals surface area contributed by atoms with Gasteiger partial charge in [-0.2, -0.15) is 5.10 Å². The average Bonchev–Trinajstić information content (AvgIpc) is 3.10. The highest BCUT2D eigenvalue weighted by Crippen LogP contribution is 2.32. The van der Waals surface area contributed by atoms with Crippen molar-refractivity contribution < 1.29 is 9.18 Å². The van der Waals surface area contributed by atoms with Gasteiger partial charge in [0.25, 0.3) is 0 Å². The predicted octanol–water partition coefficient (Wildman–Crippen LogP) is 5.30.